The fourth-order valence-corrected chi connectivity index (χ4v) is 6.13. The molecule has 8 heteroatoms. The van der Waals surface area contributed by atoms with Crippen LogP contribution in [0.1, 0.15) is 31.2 Å². The molecule has 164 valence electrons. The van der Waals surface area contributed by atoms with Crippen LogP contribution in [-0.4, -0.2) is 42.5 Å². The normalized spacial score (nSPS) is 25.3. The Hall–Kier alpha value is -2.03. The Morgan fingerprint density at radius 3 is 2.45 bits per heavy atom. The molecular weight excluding hydrogens is 423 g/mol. The molecule has 0 radical (unpaired) electrons. The van der Waals surface area contributed by atoms with Crippen molar-refractivity contribution >= 4 is 29.0 Å². The molecule has 3 heterocycles. The number of alkyl halides is 3. The number of rotatable bonds is 3. The van der Waals surface area contributed by atoms with Crippen molar-refractivity contribution in [2.24, 2.45) is 0 Å². The molecule has 0 unspecified atom stereocenters. The summed E-state index contributed by atoms with van der Waals surface area (Å²) in [7, 11) is 2.17. The molecule has 2 atom stereocenters. The van der Waals surface area contributed by atoms with Crippen LogP contribution in [0.15, 0.2) is 52.3 Å². The summed E-state index contributed by atoms with van der Waals surface area (Å²) in [6.07, 6.45) is -0.0741. The standard InChI is InChI=1S/C23H24F3N3OS/c1-28-16-7-8-17(28)12-15(11-16)27-13-22(30)29-18-4-2-3-5-20(18)31-21-9-6-14(10-19(21)29)23(24,25)26/h2-6,9-10,15-17,27H,7-8,11-13H2,1H3/t16-,17-/m0/s1. The van der Waals surface area contributed by atoms with Gasteiger partial charge in [-0.05, 0) is 63.1 Å². The average molecular weight is 448 g/mol. The van der Waals surface area contributed by atoms with Crippen LogP contribution in [0.5, 0.6) is 0 Å². The van der Waals surface area contributed by atoms with Gasteiger partial charge >= 0.3 is 6.18 Å². The first-order valence-electron chi connectivity index (χ1n) is 10.6. The number of carbonyl (C=O) groups is 1. The van der Waals surface area contributed by atoms with Crippen LogP contribution in [0.25, 0.3) is 0 Å². The Bertz CT molecular complexity index is 998. The molecule has 1 amide bonds. The molecule has 2 bridgehead atoms. The molecule has 2 aromatic rings. The van der Waals surface area contributed by atoms with Gasteiger partial charge in [0.05, 0.1) is 23.5 Å². The van der Waals surface area contributed by atoms with E-state index in [4.69, 9.17) is 0 Å². The zero-order valence-electron chi connectivity index (χ0n) is 17.2. The second-order valence-electron chi connectivity index (χ2n) is 8.58. The summed E-state index contributed by atoms with van der Waals surface area (Å²) in [4.78, 5) is 18.7. The summed E-state index contributed by atoms with van der Waals surface area (Å²) in [5.41, 5.74) is 0.187. The SMILES string of the molecule is CN1[C@H]2CC[C@H]1CC(NCC(=O)N1c3ccccc3Sc3ccc(C(F)(F)F)cc31)C2. The fraction of sp³-hybridized carbons (Fsp3) is 0.435. The van der Waals surface area contributed by atoms with Crippen molar-refractivity contribution in [1.29, 1.82) is 0 Å². The van der Waals surface area contributed by atoms with Crippen molar-refractivity contribution in [2.45, 2.75) is 59.8 Å². The van der Waals surface area contributed by atoms with Crippen molar-refractivity contribution < 1.29 is 18.0 Å². The molecule has 0 aliphatic carbocycles. The molecule has 1 N–H and O–H groups in total. The minimum atomic E-state index is -4.46. The maximum Gasteiger partial charge on any atom is 0.416 e. The van der Waals surface area contributed by atoms with Crippen LogP contribution in [-0.2, 0) is 11.0 Å². The van der Waals surface area contributed by atoms with Crippen LogP contribution in [0.2, 0.25) is 0 Å². The lowest BCUT2D eigenvalue weighted by Crippen LogP contribution is -2.49. The Labute approximate surface area is 183 Å². The van der Waals surface area contributed by atoms with Crippen LogP contribution in [0.4, 0.5) is 24.5 Å². The Morgan fingerprint density at radius 1 is 1.06 bits per heavy atom. The quantitative estimate of drug-likeness (QED) is 0.714. The van der Waals surface area contributed by atoms with Crippen molar-refractivity contribution in [3.8, 4) is 0 Å². The number of halogens is 3. The van der Waals surface area contributed by atoms with Gasteiger partial charge in [-0.2, -0.15) is 13.2 Å². The van der Waals surface area contributed by atoms with Crippen LogP contribution < -0.4 is 10.2 Å². The average Bonchev–Trinajstić information content (AvgIpc) is 2.95. The summed E-state index contributed by atoms with van der Waals surface area (Å²) < 4.78 is 40.1. The minimum Gasteiger partial charge on any atom is -0.305 e. The molecule has 2 aromatic carbocycles. The number of anilines is 2. The van der Waals surface area contributed by atoms with E-state index in [1.54, 1.807) is 12.1 Å². The predicted octanol–water partition coefficient (Wildman–Crippen LogP) is 5.05. The molecule has 2 saturated heterocycles. The number of nitrogens with one attached hydrogen (secondary N) is 1. The molecule has 3 aliphatic heterocycles. The summed E-state index contributed by atoms with van der Waals surface area (Å²) >= 11 is 1.39. The van der Waals surface area contributed by atoms with Crippen LogP contribution in [0.3, 0.4) is 0 Å². The van der Waals surface area contributed by atoms with E-state index in [1.165, 1.54) is 35.6 Å². The Kier molecular flexibility index (Phi) is 5.27. The number of hydrogen-bond donors (Lipinski definition) is 1. The molecule has 0 aromatic heterocycles. The van der Waals surface area contributed by atoms with Gasteiger partial charge in [-0.25, -0.2) is 0 Å². The molecule has 5 rings (SSSR count). The van der Waals surface area contributed by atoms with Gasteiger partial charge in [-0.15, -0.1) is 0 Å². The lowest BCUT2D eigenvalue weighted by molar-refractivity contribution is -0.137. The molecule has 0 spiro atoms. The highest BCUT2D eigenvalue weighted by atomic mass is 32.2. The van der Waals surface area contributed by atoms with Gasteiger partial charge < -0.3 is 10.2 Å². The van der Waals surface area contributed by atoms with E-state index < -0.39 is 11.7 Å². The van der Waals surface area contributed by atoms with Gasteiger partial charge in [0.1, 0.15) is 0 Å². The van der Waals surface area contributed by atoms with Crippen molar-refractivity contribution in [1.82, 2.24) is 10.2 Å². The van der Waals surface area contributed by atoms with Gasteiger partial charge in [0.15, 0.2) is 0 Å². The van der Waals surface area contributed by atoms with Crippen LogP contribution >= 0.6 is 11.8 Å². The smallest absolute Gasteiger partial charge is 0.305 e. The number of fused-ring (bicyclic) bond motifs is 4. The highest BCUT2D eigenvalue weighted by Gasteiger charge is 2.39. The van der Waals surface area contributed by atoms with Crippen molar-refractivity contribution in [3.05, 3.63) is 48.0 Å². The second kappa shape index (κ2) is 7.83. The lowest BCUT2D eigenvalue weighted by Gasteiger charge is -2.37. The first kappa shape index (κ1) is 20.8. The van der Waals surface area contributed by atoms with E-state index in [0.29, 0.717) is 28.4 Å². The topological polar surface area (TPSA) is 35.6 Å². The number of amides is 1. The van der Waals surface area contributed by atoms with Crippen molar-refractivity contribution in [3.63, 3.8) is 0 Å². The van der Waals surface area contributed by atoms with E-state index >= 15 is 0 Å². The number of nitrogens with zero attached hydrogens (tertiary/aromatic N) is 2. The fourth-order valence-electron chi connectivity index (χ4n) is 5.09. The number of para-hydroxylation sites is 1. The first-order valence-corrected chi connectivity index (χ1v) is 11.4. The Balaban J connectivity index is 1.40. The molecule has 4 nitrogen and oxygen atoms in total. The minimum absolute atomic E-state index is 0.0997. The monoisotopic (exact) mass is 447 g/mol. The highest BCUT2D eigenvalue weighted by molar-refractivity contribution is 7.99. The van der Waals surface area contributed by atoms with Crippen molar-refractivity contribution in [2.75, 3.05) is 18.5 Å². The maximum absolute atomic E-state index is 13.4. The largest absolute Gasteiger partial charge is 0.416 e. The Morgan fingerprint density at radius 2 is 1.74 bits per heavy atom. The van der Waals surface area contributed by atoms with E-state index in [0.717, 1.165) is 29.9 Å². The number of hydrogen-bond acceptors (Lipinski definition) is 4. The molecule has 2 fully saturated rings. The summed E-state index contributed by atoms with van der Waals surface area (Å²) in [5, 5.41) is 3.40. The predicted molar refractivity (Wildman–Crippen MR) is 115 cm³/mol. The summed E-state index contributed by atoms with van der Waals surface area (Å²) in [5.74, 6) is -0.236. The van der Waals surface area contributed by atoms with Gasteiger partial charge in [-0.1, -0.05) is 23.9 Å². The lowest BCUT2D eigenvalue weighted by atomic mass is 9.98. The second-order valence-corrected chi connectivity index (χ2v) is 9.66. The van der Waals surface area contributed by atoms with Gasteiger partial charge in [0.25, 0.3) is 0 Å². The first-order chi connectivity index (χ1) is 14.8. The van der Waals surface area contributed by atoms with Gasteiger partial charge in [-0.3, -0.25) is 9.69 Å². The number of carbonyl (C=O) groups excluding carboxylic acids is 1. The van der Waals surface area contributed by atoms with E-state index in [-0.39, 0.29) is 18.5 Å². The molecule has 3 aliphatic rings. The molecule has 0 saturated carbocycles. The maximum atomic E-state index is 13.4. The highest BCUT2D eigenvalue weighted by Crippen LogP contribution is 2.49. The van der Waals surface area contributed by atoms with Crippen LogP contribution in [0, 0.1) is 0 Å². The molecular formula is C23H24F3N3OS. The third-order valence-corrected chi connectivity index (χ3v) is 7.87. The van der Waals surface area contributed by atoms with E-state index in [2.05, 4.69) is 17.3 Å². The third kappa shape index (κ3) is 3.85. The van der Waals surface area contributed by atoms with Gasteiger partial charge in [0, 0.05) is 27.9 Å². The summed E-state index contributed by atoms with van der Waals surface area (Å²) in [6, 6.07) is 12.3. The van der Waals surface area contributed by atoms with Gasteiger partial charge in [0.2, 0.25) is 5.91 Å². The number of piperidine rings is 1. The number of benzene rings is 2. The van der Waals surface area contributed by atoms with E-state index in [1.807, 2.05) is 12.1 Å². The molecule has 31 heavy (non-hydrogen) atoms. The zero-order chi connectivity index (χ0) is 21.8. The zero-order valence-corrected chi connectivity index (χ0v) is 18.0. The third-order valence-electron chi connectivity index (χ3n) is 6.74. The van der Waals surface area contributed by atoms with E-state index in [9.17, 15) is 18.0 Å². The summed E-state index contributed by atoms with van der Waals surface area (Å²) in [6.45, 7) is 0.0997.